The highest BCUT2D eigenvalue weighted by Crippen LogP contribution is 2.22. The molecule has 0 radical (unpaired) electrons. The van der Waals surface area contributed by atoms with Gasteiger partial charge in [0.05, 0.1) is 18.2 Å². The minimum atomic E-state index is 0.627. The third kappa shape index (κ3) is 3.36. The van der Waals surface area contributed by atoms with Crippen molar-refractivity contribution in [2.45, 2.75) is 20.3 Å². The molecule has 0 aliphatic rings. The van der Waals surface area contributed by atoms with Crippen molar-refractivity contribution < 1.29 is 4.74 Å². The van der Waals surface area contributed by atoms with Gasteiger partial charge in [-0.25, -0.2) is 0 Å². The third-order valence-corrected chi connectivity index (χ3v) is 2.96. The van der Waals surface area contributed by atoms with Crippen molar-refractivity contribution in [2.75, 3.05) is 43.6 Å². The first-order valence-electron chi connectivity index (χ1n) is 7.00. The molecule has 0 spiro atoms. The van der Waals surface area contributed by atoms with Crippen LogP contribution in [-0.4, -0.2) is 53.5 Å². The number of hydrogen-bond donors (Lipinski definition) is 2. The maximum Gasteiger partial charge on any atom is 0.226 e. The molecule has 0 unspecified atom stereocenters. The van der Waals surface area contributed by atoms with E-state index < -0.39 is 0 Å². The Hall–Kier alpha value is -1.89. The highest BCUT2D eigenvalue weighted by Gasteiger charge is 2.12. The Bertz CT molecular complexity index is 541. The second-order valence-corrected chi connectivity index (χ2v) is 4.55. The van der Waals surface area contributed by atoms with Crippen LogP contribution in [-0.2, 0) is 4.74 Å². The lowest BCUT2D eigenvalue weighted by Gasteiger charge is -2.19. The smallest absolute Gasteiger partial charge is 0.226 e. The molecule has 0 amide bonds. The second kappa shape index (κ2) is 7.04. The standard InChI is InChI=1S/C13H22N6O/c1-4-6-14-13-16-11-10(9-15-18-11)12(17-13)19(3)7-8-20-5-2/h9H,4-8H2,1-3H3,(H2,14,15,16,17,18). The summed E-state index contributed by atoms with van der Waals surface area (Å²) in [6, 6.07) is 0. The molecule has 110 valence electrons. The van der Waals surface area contributed by atoms with E-state index in [-0.39, 0.29) is 0 Å². The zero-order chi connectivity index (χ0) is 14.4. The fourth-order valence-corrected chi connectivity index (χ4v) is 1.88. The van der Waals surface area contributed by atoms with Crippen molar-refractivity contribution in [3.8, 4) is 0 Å². The van der Waals surface area contributed by atoms with Crippen molar-refractivity contribution in [1.82, 2.24) is 20.2 Å². The molecule has 0 fully saturated rings. The van der Waals surface area contributed by atoms with Gasteiger partial charge < -0.3 is 15.0 Å². The summed E-state index contributed by atoms with van der Waals surface area (Å²) in [5, 5.41) is 11.1. The predicted octanol–water partition coefficient (Wildman–Crippen LogP) is 1.65. The maximum atomic E-state index is 5.39. The monoisotopic (exact) mass is 278 g/mol. The molecule has 2 rings (SSSR count). The molecule has 2 N–H and O–H groups in total. The van der Waals surface area contributed by atoms with Crippen LogP contribution in [0.5, 0.6) is 0 Å². The minimum absolute atomic E-state index is 0.627. The van der Waals surface area contributed by atoms with Gasteiger partial charge in [-0.1, -0.05) is 6.92 Å². The lowest BCUT2D eigenvalue weighted by atomic mass is 10.3. The average Bonchev–Trinajstić information content (AvgIpc) is 2.92. The molecule has 7 heteroatoms. The van der Waals surface area contributed by atoms with Gasteiger partial charge in [-0.15, -0.1) is 0 Å². The van der Waals surface area contributed by atoms with Crippen LogP contribution < -0.4 is 10.2 Å². The largest absolute Gasteiger partial charge is 0.380 e. The number of fused-ring (bicyclic) bond motifs is 1. The number of likely N-dealkylation sites (N-methyl/N-ethyl adjacent to an activating group) is 1. The fourth-order valence-electron chi connectivity index (χ4n) is 1.88. The predicted molar refractivity (Wildman–Crippen MR) is 80.2 cm³/mol. The quantitative estimate of drug-likeness (QED) is 0.715. The topological polar surface area (TPSA) is 79.0 Å². The van der Waals surface area contributed by atoms with Crippen molar-refractivity contribution in [3.63, 3.8) is 0 Å². The van der Waals surface area contributed by atoms with Gasteiger partial charge in [-0.2, -0.15) is 15.1 Å². The highest BCUT2D eigenvalue weighted by atomic mass is 16.5. The number of aromatic nitrogens is 4. The molecule has 20 heavy (non-hydrogen) atoms. The highest BCUT2D eigenvalue weighted by molar-refractivity contribution is 5.87. The van der Waals surface area contributed by atoms with E-state index >= 15 is 0 Å². The number of nitrogens with zero attached hydrogens (tertiary/aromatic N) is 4. The van der Waals surface area contributed by atoms with Crippen LogP contribution in [0.3, 0.4) is 0 Å². The molecule has 0 aliphatic carbocycles. The summed E-state index contributed by atoms with van der Waals surface area (Å²) in [5.41, 5.74) is 0.747. The number of aromatic amines is 1. The van der Waals surface area contributed by atoms with Crippen molar-refractivity contribution >= 4 is 22.8 Å². The Morgan fingerprint density at radius 3 is 2.95 bits per heavy atom. The molecule has 7 nitrogen and oxygen atoms in total. The van der Waals surface area contributed by atoms with E-state index in [1.165, 1.54) is 0 Å². The van der Waals surface area contributed by atoms with Gasteiger partial charge in [0.25, 0.3) is 0 Å². The average molecular weight is 278 g/mol. The summed E-state index contributed by atoms with van der Waals surface area (Å²) < 4.78 is 5.39. The number of nitrogens with one attached hydrogen (secondary N) is 2. The lowest BCUT2D eigenvalue weighted by Crippen LogP contribution is -2.24. The van der Waals surface area contributed by atoms with E-state index in [2.05, 4.69) is 37.3 Å². The van der Waals surface area contributed by atoms with E-state index in [0.29, 0.717) is 12.6 Å². The first kappa shape index (κ1) is 14.5. The van der Waals surface area contributed by atoms with E-state index in [9.17, 15) is 0 Å². The van der Waals surface area contributed by atoms with Gasteiger partial charge in [-0.05, 0) is 13.3 Å². The molecule has 0 saturated heterocycles. The van der Waals surface area contributed by atoms with Gasteiger partial charge in [-0.3, -0.25) is 5.10 Å². The molecule has 0 saturated carbocycles. The number of anilines is 2. The molecular formula is C13H22N6O. The molecular weight excluding hydrogens is 256 g/mol. The van der Waals surface area contributed by atoms with Crippen LogP contribution in [0.1, 0.15) is 20.3 Å². The Kier molecular flexibility index (Phi) is 5.11. The normalized spacial score (nSPS) is 10.9. The molecule has 2 heterocycles. The van der Waals surface area contributed by atoms with Crippen LogP contribution in [0.4, 0.5) is 11.8 Å². The molecule has 2 aromatic rings. The molecule has 0 atom stereocenters. The SMILES string of the molecule is CCCNc1nc(N(C)CCOCC)c2cn[nH]c2n1. The number of H-pyrrole nitrogens is 1. The first-order valence-corrected chi connectivity index (χ1v) is 7.00. The van der Waals surface area contributed by atoms with Gasteiger partial charge in [0.15, 0.2) is 5.65 Å². The van der Waals surface area contributed by atoms with Crippen LogP contribution >= 0.6 is 0 Å². The zero-order valence-corrected chi connectivity index (χ0v) is 12.3. The van der Waals surface area contributed by atoms with Gasteiger partial charge >= 0.3 is 0 Å². The second-order valence-electron chi connectivity index (χ2n) is 4.55. The van der Waals surface area contributed by atoms with E-state index in [1.54, 1.807) is 6.20 Å². The van der Waals surface area contributed by atoms with E-state index in [4.69, 9.17) is 4.74 Å². The third-order valence-electron chi connectivity index (χ3n) is 2.96. The van der Waals surface area contributed by atoms with Crippen LogP contribution in [0.25, 0.3) is 11.0 Å². The van der Waals surface area contributed by atoms with E-state index in [0.717, 1.165) is 43.0 Å². The van der Waals surface area contributed by atoms with Gasteiger partial charge in [0.1, 0.15) is 5.82 Å². The number of hydrogen-bond acceptors (Lipinski definition) is 6. The summed E-state index contributed by atoms with van der Waals surface area (Å²) in [5.74, 6) is 1.49. The van der Waals surface area contributed by atoms with Crippen molar-refractivity contribution in [3.05, 3.63) is 6.20 Å². The Labute approximate surface area is 118 Å². The van der Waals surface area contributed by atoms with Gasteiger partial charge in [0, 0.05) is 26.7 Å². The summed E-state index contributed by atoms with van der Waals surface area (Å²) in [6.45, 7) is 7.12. The summed E-state index contributed by atoms with van der Waals surface area (Å²) in [7, 11) is 2.00. The summed E-state index contributed by atoms with van der Waals surface area (Å²) in [4.78, 5) is 11.1. The number of ether oxygens (including phenoxy) is 1. The van der Waals surface area contributed by atoms with Gasteiger partial charge in [0.2, 0.25) is 5.95 Å². The molecule has 0 aromatic carbocycles. The first-order chi connectivity index (χ1) is 9.76. The Morgan fingerprint density at radius 1 is 1.35 bits per heavy atom. The van der Waals surface area contributed by atoms with Crippen molar-refractivity contribution in [2.24, 2.45) is 0 Å². The van der Waals surface area contributed by atoms with Crippen LogP contribution in [0, 0.1) is 0 Å². The minimum Gasteiger partial charge on any atom is -0.380 e. The molecule has 0 bridgehead atoms. The number of rotatable bonds is 8. The Morgan fingerprint density at radius 2 is 2.20 bits per heavy atom. The summed E-state index contributed by atoms with van der Waals surface area (Å²) in [6.07, 6.45) is 2.78. The van der Waals surface area contributed by atoms with Crippen molar-refractivity contribution in [1.29, 1.82) is 0 Å². The Balaban J connectivity index is 2.22. The lowest BCUT2D eigenvalue weighted by molar-refractivity contribution is 0.154. The molecule has 0 aliphatic heterocycles. The van der Waals surface area contributed by atoms with Crippen LogP contribution in [0.2, 0.25) is 0 Å². The molecule has 2 aromatic heterocycles. The fraction of sp³-hybridized carbons (Fsp3) is 0.615. The van der Waals surface area contributed by atoms with Crippen LogP contribution in [0.15, 0.2) is 6.20 Å². The van der Waals surface area contributed by atoms with E-state index in [1.807, 2.05) is 14.0 Å². The maximum absolute atomic E-state index is 5.39. The zero-order valence-electron chi connectivity index (χ0n) is 12.3. The summed E-state index contributed by atoms with van der Waals surface area (Å²) >= 11 is 0.